The van der Waals surface area contributed by atoms with Gasteiger partial charge in [-0.25, -0.2) is 4.79 Å². The molecule has 0 saturated heterocycles. The van der Waals surface area contributed by atoms with Gasteiger partial charge in [-0.15, -0.1) is 0 Å². The number of hydrogen-bond donors (Lipinski definition) is 2. The first-order valence-corrected chi connectivity index (χ1v) is 3.88. The van der Waals surface area contributed by atoms with Gasteiger partial charge in [0.1, 0.15) is 11.7 Å². The molecule has 0 aliphatic rings. The second kappa shape index (κ2) is 4.81. The molecule has 0 aliphatic heterocycles. The largest absolute Gasteiger partial charge is 0.444 e. The second-order valence-corrected chi connectivity index (χ2v) is 3.52. The molecule has 1 unspecified atom stereocenters. The molecule has 5 nitrogen and oxygen atoms in total. The number of amides is 1. The Hall–Kier alpha value is -1.10. The summed E-state index contributed by atoms with van der Waals surface area (Å²) in [4.78, 5) is 20.7. The molecule has 1 amide bonds. The molecule has 0 aromatic carbocycles. The minimum Gasteiger partial charge on any atom is -0.444 e. The van der Waals surface area contributed by atoms with Crippen molar-refractivity contribution in [2.45, 2.75) is 32.5 Å². The highest BCUT2D eigenvalue weighted by molar-refractivity contribution is 5.68. The lowest BCUT2D eigenvalue weighted by atomic mass is 10.2. The van der Waals surface area contributed by atoms with Crippen LogP contribution in [0.4, 0.5) is 4.79 Å². The average molecular weight is 188 g/mol. The van der Waals surface area contributed by atoms with E-state index >= 15 is 0 Å². The zero-order valence-electron chi connectivity index (χ0n) is 7.96. The van der Waals surface area contributed by atoms with E-state index in [1.54, 1.807) is 20.8 Å². The summed E-state index contributed by atoms with van der Waals surface area (Å²) < 4.78 is 4.84. The van der Waals surface area contributed by atoms with Crippen molar-refractivity contribution < 1.29 is 19.4 Å². The highest BCUT2D eigenvalue weighted by atomic mass is 16.6. The molecule has 1 radical (unpaired) electrons. The quantitative estimate of drug-likeness (QED) is 0.652. The first-order chi connectivity index (χ1) is 5.85. The van der Waals surface area contributed by atoms with Crippen molar-refractivity contribution in [3.05, 3.63) is 0 Å². The van der Waals surface area contributed by atoms with Crippen LogP contribution >= 0.6 is 0 Å². The Morgan fingerprint density at radius 1 is 1.62 bits per heavy atom. The minimum atomic E-state index is -1.30. The van der Waals surface area contributed by atoms with Gasteiger partial charge in [0.05, 0.1) is 6.54 Å². The van der Waals surface area contributed by atoms with Crippen LogP contribution in [0.1, 0.15) is 20.8 Å². The molecule has 0 aromatic rings. The molecule has 5 heteroatoms. The molecule has 2 N–H and O–H groups in total. The van der Waals surface area contributed by atoms with E-state index in [0.717, 1.165) is 0 Å². The number of hydrogen-bond acceptors (Lipinski definition) is 4. The number of alkyl carbamates (subject to hydrolysis) is 1. The summed E-state index contributed by atoms with van der Waals surface area (Å²) in [6.07, 6.45) is -0.645. The van der Waals surface area contributed by atoms with Gasteiger partial charge < -0.3 is 15.2 Å². The predicted octanol–water partition coefficient (Wildman–Crippen LogP) is -0.0183. The fourth-order valence-corrected chi connectivity index (χ4v) is 0.536. The Morgan fingerprint density at radius 2 is 2.15 bits per heavy atom. The van der Waals surface area contributed by atoms with Crippen molar-refractivity contribution in [3.8, 4) is 0 Å². The molecule has 0 fully saturated rings. The minimum absolute atomic E-state index is 0.182. The van der Waals surface area contributed by atoms with Gasteiger partial charge in [0.15, 0.2) is 0 Å². The topological polar surface area (TPSA) is 75.6 Å². The van der Waals surface area contributed by atoms with Gasteiger partial charge in [0, 0.05) is 0 Å². The summed E-state index contributed by atoms with van der Waals surface area (Å²) in [5, 5.41) is 10.9. The molecule has 0 rings (SSSR count). The summed E-state index contributed by atoms with van der Waals surface area (Å²) in [5.41, 5.74) is -0.583. The van der Waals surface area contributed by atoms with Crippen LogP contribution in [0.5, 0.6) is 0 Å². The second-order valence-electron chi connectivity index (χ2n) is 3.52. The van der Waals surface area contributed by atoms with Crippen LogP contribution in [0.2, 0.25) is 0 Å². The van der Waals surface area contributed by atoms with E-state index in [1.807, 2.05) is 0 Å². The van der Waals surface area contributed by atoms with Crippen LogP contribution in [0.15, 0.2) is 0 Å². The van der Waals surface area contributed by atoms with Crippen LogP contribution in [0.3, 0.4) is 0 Å². The van der Waals surface area contributed by atoms with Crippen molar-refractivity contribution >= 4 is 12.4 Å². The number of rotatable bonds is 3. The number of aliphatic hydroxyl groups excluding tert-OH is 1. The van der Waals surface area contributed by atoms with Crippen molar-refractivity contribution in [2.24, 2.45) is 0 Å². The van der Waals surface area contributed by atoms with Crippen molar-refractivity contribution in [3.63, 3.8) is 0 Å². The van der Waals surface area contributed by atoms with E-state index < -0.39 is 17.8 Å². The van der Waals surface area contributed by atoms with Crippen molar-refractivity contribution in [2.75, 3.05) is 6.54 Å². The van der Waals surface area contributed by atoms with E-state index in [2.05, 4.69) is 5.32 Å². The number of carbonyl (C=O) groups excluding carboxylic acids is 2. The maximum absolute atomic E-state index is 10.9. The van der Waals surface area contributed by atoms with Crippen LogP contribution in [-0.2, 0) is 9.53 Å². The van der Waals surface area contributed by atoms with Crippen molar-refractivity contribution in [1.29, 1.82) is 0 Å². The molecular weight excluding hydrogens is 174 g/mol. The van der Waals surface area contributed by atoms with Crippen LogP contribution < -0.4 is 5.32 Å². The van der Waals surface area contributed by atoms with Gasteiger partial charge in [-0.3, -0.25) is 4.79 Å². The van der Waals surface area contributed by atoms with E-state index in [1.165, 1.54) is 6.29 Å². The molecule has 1 atom stereocenters. The molecule has 0 spiro atoms. The Bertz CT molecular complexity index is 185. The number of carbonyl (C=O) groups is 1. The number of ether oxygens (including phenoxy) is 1. The lowest BCUT2D eigenvalue weighted by Gasteiger charge is -2.19. The molecular formula is C8H14NO4. The van der Waals surface area contributed by atoms with E-state index in [9.17, 15) is 9.59 Å². The highest BCUT2D eigenvalue weighted by Crippen LogP contribution is 2.06. The lowest BCUT2D eigenvalue weighted by molar-refractivity contribution is 0.0509. The molecule has 0 aromatic heterocycles. The van der Waals surface area contributed by atoms with Gasteiger partial charge in [-0.2, -0.15) is 0 Å². The van der Waals surface area contributed by atoms with Gasteiger partial charge in [-0.05, 0) is 20.8 Å². The summed E-state index contributed by atoms with van der Waals surface area (Å²) in [7, 11) is 0. The monoisotopic (exact) mass is 188 g/mol. The maximum Gasteiger partial charge on any atom is 0.407 e. The van der Waals surface area contributed by atoms with Crippen molar-refractivity contribution in [1.82, 2.24) is 5.32 Å². The summed E-state index contributed by atoms with van der Waals surface area (Å²) in [6.45, 7) is 4.97. The molecule has 0 saturated carbocycles. The van der Waals surface area contributed by atoms with Crippen LogP contribution in [-0.4, -0.2) is 35.7 Å². The average Bonchev–Trinajstić information content (AvgIpc) is 1.97. The SMILES string of the molecule is CC(C)(C)OC(=O)NCC(O)[C]=O. The molecule has 0 bridgehead atoms. The molecule has 0 aliphatic carbocycles. The summed E-state index contributed by atoms with van der Waals surface area (Å²) in [6, 6.07) is 0. The zero-order chi connectivity index (χ0) is 10.5. The van der Waals surface area contributed by atoms with Gasteiger partial charge in [-0.1, -0.05) is 0 Å². The third-order valence-electron chi connectivity index (χ3n) is 0.975. The summed E-state index contributed by atoms with van der Waals surface area (Å²) >= 11 is 0. The first kappa shape index (κ1) is 11.9. The third-order valence-corrected chi connectivity index (χ3v) is 0.975. The Labute approximate surface area is 77.1 Å². The molecule has 75 valence electrons. The number of aliphatic hydroxyl groups is 1. The standard InChI is InChI=1S/C8H14NO4/c1-8(2,3)13-7(12)9-4-6(11)5-10/h6,11H,4H2,1-3H3,(H,9,12). The van der Waals surface area contributed by atoms with Gasteiger partial charge >= 0.3 is 6.09 Å². The fraction of sp³-hybridized carbons (Fsp3) is 0.750. The smallest absolute Gasteiger partial charge is 0.407 e. The van der Waals surface area contributed by atoms with Gasteiger partial charge in [0.2, 0.25) is 6.29 Å². The van der Waals surface area contributed by atoms with Gasteiger partial charge in [0.25, 0.3) is 0 Å². The predicted molar refractivity (Wildman–Crippen MR) is 45.9 cm³/mol. The Morgan fingerprint density at radius 3 is 2.54 bits per heavy atom. The molecule has 13 heavy (non-hydrogen) atoms. The van der Waals surface area contributed by atoms with E-state index in [-0.39, 0.29) is 6.54 Å². The van der Waals surface area contributed by atoms with Crippen LogP contribution in [0.25, 0.3) is 0 Å². The first-order valence-electron chi connectivity index (χ1n) is 3.88. The zero-order valence-corrected chi connectivity index (χ0v) is 7.96. The van der Waals surface area contributed by atoms with Crippen LogP contribution in [0, 0.1) is 0 Å². The van der Waals surface area contributed by atoms with E-state index in [0.29, 0.717) is 0 Å². The number of nitrogens with one attached hydrogen (secondary N) is 1. The Kier molecular flexibility index (Phi) is 4.40. The maximum atomic E-state index is 10.9. The lowest BCUT2D eigenvalue weighted by Crippen LogP contribution is -2.37. The fourth-order valence-electron chi connectivity index (χ4n) is 0.536. The third kappa shape index (κ3) is 7.27. The Balaban J connectivity index is 3.70. The normalized spacial score (nSPS) is 13.2. The molecule has 0 heterocycles. The van der Waals surface area contributed by atoms with E-state index in [4.69, 9.17) is 9.84 Å². The highest BCUT2D eigenvalue weighted by Gasteiger charge is 2.16. The summed E-state index contributed by atoms with van der Waals surface area (Å²) in [5.74, 6) is 0.